The molecular weight excluding hydrogens is 382 g/mol. The normalized spacial score (nSPS) is 20.3. The van der Waals surface area contributed by atoms with Crippen molar-refractivity contribution in [1.29, 1.82) is 0 Å². The molecule has 1 aromatic heterocycles. The zero-order valence-electron chi connectivity index (χ0n) is 13.4. The average Bonchev–Trinajstić information content (AvgIpc) is 2.95. The summed E-state index contributed by atoms with van der Waals surface area (Å²) in [4.78, 5) is 28.9. The van der Waals surface area contributed by atoms with Crippen LogP contribution in [0, 0.1) is 0 Å². The van der Waals surface area contributed by atoms with Crippen LogP contribution in [0.25, 0.3) is 0 Å². The molecule has 3 rings (SSSR count). The molecule has 144 valence electrons. The van der Waals surface area contributed by atoms with Gasteiger partial charge < -0.3 is 14.9 Å². The second-order valence-corrected chi connectivity index (χ2v) is 6.18. The lowest BCUT2D eigenvalue weighted by Gasteiger charge is -2.26. The third kappa shape index (κ3) is 4.75. The van der Waals surface area contributed by atoms with Crippen LogP contribution in [0.3, 0.4) is 0 Å². The minimum Gasteiger partial charge on any atom is -0.475 e. The van der Waals surface area contributed by atoms with Gasteiger partial charge in [-0.25, -0.2) is 14.2 Å². The number of anilines is 1. The van der Waals surface area contributed by atoms with Gasteiger partial charge in [-0.15, -0.1) is 0 Å². The molecule has 0 aromatic carbocycles. The molecule has 3 heterocycles. The minimum absolute atomic E-state index is 0.218. The van der Waals surface area contributed by atoms with Crippen LogP contribution in [0.2, 0.25) is 0 Å². The predicted octanol–water partition coefficient (Wildman–Crippen LogP) is 2.56. The Morgan fingerprint density at radius 1 is 1.38 bits per heavy atom. The van der Waals surface area contributed by atoms with Crippen LogP contribution in [0.1, 0.15) is 18.4 Å². The van der Waals surface area contributed by atoms with E-state index in [4.69, 9.17) is 21.5 Å². The number of carbonyl (C=O) groups is 2. The molecule has 1 amide bonds. The third-order valence-electron chi connectivity index (χ3n) is 4.05. The van der Waals surface area contributed by atoms with Crippen molar-refractivity contribution in [2.75, 3.05) is 18.0 Å². The number of carboxylic acids is 1. The summed E-state index contributed by atoms with van der Waals surface area (Å²) in [6.07, 6.45) is -1.26. The van der Waals surface area contributed by atoms with Gasteiger partial charge in [-0.1, -0.05) is 17.7 Å². The molecule has 26 heavy (non-hydrogen) atoms. The van der Waals surface area contributed by atoms with Gasteiger partial charge >= 0.3 is 12.1 Å². The van der Waals surface area contributed by atoms with E-state index in [1.54, 1.807) is 6.20 Å². The average molecular weight is 398 g/mol. The monoisotopic (exact) mass is 397 g/mol. The highest BCUT2D eigenvalue weighted by Crippen LogP contribution is 2.31. The number of aliphatic carboxylic acids is 1. The first-order chi connectivity index (χ1) is 12.1. The second kappa shape index (κ2) is 8.07. The summed E-state index contributed by atoms with van der Waals surface area (Å²) in [6, 6.07) is 3.99. The maximum Gasteiger partial charge on any atom is 0.490 e. The van der Waals surface area contributed by atoms with E-state index in [0.29, 0.717) is 13.1 Å². The van der Waals surface area contributed by atoms with E-state index in [0.717, 1.165) is 30.8 Å². The van der Waals surface area contributed by atoms with E-state index >= 15 is 0 Å². The molecule has 0 bridgehead atoms. The van der Waals surface area contributed by atoms with Crippen LogP contribution in [-0.2, 0) is 16.1 Å². The number of hydrogen-bond acceptors (Lipinski definition) is 4. The van der Waals surface area contributed by atoms with Crippen molar-refractivity contribution in [3.63, 3.8) is 0 Å². The molecule has 1 aromatic rings. The predicted molar refractivity (Wildman–Crippen MR) is 84.5 cm³/mol. The van der Waals surface area contributed by atoms with Crippen molar-refractivity contribution in [2.24, 2.45) is 0 Å². The van der Waals surface area contributed by atoms with Gasteiger partial charge in [-0.05, 0) is 18.9 Å². The van der Waals surface area contributed by atoms with E-state index in [1.807, 2.05) is 12.1 Å². The molecule has 0 saturated carbocycles. The highest BCUT2D eigenvalue weighted by molar-refractivity contribution is 6.29. The summed E-state index contributed by atoms with van der Waals surface area (Å²) in [6.45, 7) is 1.83. The van der Waals surface area contributed by atoms with E-state index in [2.05, 4.69) is 9.88 Å². The number of nitrogens with zero attached hydrogens (tertiary/aromatic N) is 3. The van der Waals surface area contributed by atoms with Crippen LogP contribution in [-0.4, -0.2) is 57.8 Å². The Morgan fingerprint density at radius 2 is 2.04 bits per heavy atom. The fourth-order valence-electron chi connectivity index (χ4n) is 2.95. The molecule has 0 radical (unpaired) electrons. The molecule has 0 aliphatic carbocycles. The zero-order chi connectivity index (χ0) is 19.5. The Hall–Kier alpha value is -2.10. The van der Waals surface area contributed by atoms with Crippen molar-refractivity contribution >= 4 is 29.3 Å². The number of alkyl halides is 5. The maximum absolute atomic E-state index is 13.1. The fourth-order valence-corrected chi connectivity index (χ4v) is 3.09. The van der Waals surface area contributed by atoms with Crippen molar-refractivity contribution in [1.82, 2.24) is 9.88 Å². The highest BCUT2D eigenvalue weighted by atomic mass is 35.5. The summed E-state index contributed by atoms with van der Waals surface area (Å²) >= 11 is 5.30. The van der Waals surface area contributed by atoms with Gasteiger partial charge in [-0.2, -0.15) is 13.2 Å². The maximum atomic E-state index is 13.1. The summed E-state index contributed by atoms with van der Waals surface area (Å²) in [5, 5.41) is 7.12. The smallest absolute Gasteiger partial charge is 0.475 e. The molecule has 6 nitrogen and oxygen atoms in total. The number of hydrogen-bond donors (Lipinski definition) is 1. The molecule has 0 spiro atoms. The summed E-state index contributed by atoms with van der Waals surface area (Å²) in [5.41, 5.74) is -1.01. The van der Waals surface area contributed by atoms with Crippen molar-refractivity contribution < 1.29 is 32.3 Å². The molecule has 1 unspecified atom stereocenters. The van der Waals surface area contributed by atoms with Gasteiger partial charge in [-0.3, -0.25) is 4.79 Å². The van der Waals surface area contributed by atoms with Gasteiger partial charge in [0.15, 0.2) is 0 Å². The first kappa shape index (κ1) is 20.2. The fraction of sp³-hybridized carbons (Fsp3) is 0.533. The van der Waals surface area contributed by atoms with Gasteiger partial charge in [0.2, 0.25) is 0 Å². The Labute approximate surface area is 151 Å². The van der Waals surface area contributed by atoms with Crippen LogP contribution in [0.4, 0.5) is 23.4 Å². The third-order valence-corrected chi connectivity index (χ3v) is 4.24. The van der Waals surface area contributed by atoms with Crippen LogP contribution >= 0.6 is 11.6 Å². The standard InChI is InChI=1S/C13H15ClFN3O.C2HF3O2/c14-11(15)13(19)17-7-9-3-1-5-16-12(9)18-6-2-4-10(18)8-17;3-2(4,5)1(6)7/h1,3,5,10-11H,2,4,6-8H2;(H,6,7)/t10-,11?;/m0./s1. The van der Waals surface area contributed by atoms with Crippen molar-refractivity contribution in [3.05, 3.63) is 23.9 Å². The van der Waals surface area contributed by atoms with Crippen LogP contribution < -0.4 is 4.90 Å². The first-order valence-electron chi connectivity index (χ1n) is 7.69. The van der Waals surface area contributed by atoms with E-state index < -0.39 is 23.7 Å². The quantitative estimate of drug-likeness (QED) is 0.582. The molecule has 2 aliphatic rings. The zero-order valence-corrected chi connectivity index (χ0v) is 14.2. The number of fused-ring (bicyclic) bond motifs is 3. The number of amides is 1. The largest absolute Gasteiger partial charge is 0.490 e. The van der Waals surface area contributed by atoms with Gasteiger partial charge in [0.05, 0.1) is 0 Å². The van der Waals surface area contributed by atoms with Gasteiger partial charge in [0.25, 0.3) is 11.5 Å². The second-order valence-electron chi connectivity index (χ2n) is 5.80. The van der Waals surface area contributed by atoms with Crippen molar-refractivity contribution in [2.45, 2.75) is 37.2 Å². The Morgan fingerprint density at radius 3 is 2.62 bits per heavy atom. The summed E-state index contributed by atoms with van der Waals surface area (Å²) in [5.74, 6) is -2.48. The minimum atomic E-state index is -5.08. The lowest BCUT2D eigenvalue weighted by atomic mass is 10.2. The number of carboxylic acid groups (broad SMARTS) is 1. The van der Waals surface area contributed by atoms with E-state index in [1.165, 1.54) is 4.90 Å². The van der Waals surface area contributed by atoms with Gasteiger partial charge in [0.1, 0.15) is 5.82 Å². The SMILES string of the molecule is O=C(C(F)Cl)N1Cc2cccnc2N2CCC[C@H]2C1.O=C(O)C(F)(F)F. The Bertz CT molecular complexity index is 672. The molecule has 2 aliphatic heterocycles. The number of halogens is 5. The van der Waals surface area contributed by atoms with Crippen LogP contribution in [0.15, 0.2) is 18.3 Å². The van der Waals surface area contributed by atoms with Crippen molar-refractivity contribution in [3.8, 4) is 0 Å². The van der Waals surface area contributed by atoms with E-state index in [-0.39, 0.29) is 6.04 Å². The molecule has 1 N–H and O–H groups in total. The Balaban J connectivity index is 0.000000298. The highest BCUT2D eigenvalue weighted by Gasteiger charge is 2.38. The van der Waals surface area contributed by atoms with Gasteiger partial charge in [0, 0.05) is 37.4 Å². The molecule has 11 heteroatoms. The molecular formula is C15H16ClF4N3O3. The number of aromatic nitrogens is 1. The molecule has 1 saturated heterocycles. The summed E-state index contributed by atoms with van der Waals surface area (Å²) < 4.78 is 44.8. The molecule has 1 fully saturated rings. The van der Waals surface area contributed by atoms with E-state index in [9.17, 15) is 22.4 Å². The summed E-state index contributed by atoms with van der Waals surface area (Å²) in [7, 11) is 0. The first-order valence-corrected chi connectivity index (χ1v) is 8.12. The topological polar surface area (TPSA) is 73.7 Å². The number of carbonyl (C=O) groups excluding carboxylic acids is 1. The lowest BCUT2D eigenvalue weighted by Crippen LogP contribution is -2.42. The number of rotatable bonds is 1. The Kier molecular flexibility index (Phi) is 6.27. The van der Waals surface area contributed by atoms with Crippen LogP contribution in [0.5, 0.6) is 0 Å². The molecule has 2 atom stereocenters. The lowest BCUT2D eigenvalue weighted by molar-refractivity contribution is -0.192. The number of pyridine rings is 1.